The molecule has 1 aliphatic rings. The number of allylic oxidation sites excluding steroid dienone is 3. The Hall–Kier alpha value is -2.77. The molecule has 1 aromatic rings. The monoisotopic (exact) mass is 477 g/mol. The van der Waals surface area contributed by atoms with Crippen LogP contribution in [0, 0.1) is 11.3 Å². The number of fused-ring (bicyclic) bond motifs is 1. The Bertz CT molecular complexity index is 827. The van der Waals surface area contributed by atoms with Crippen molar-refractivity contribution in [2.75, 3.05) is 52.9 Å². The molecule has 2 heterocycles. The van der Waals surface area contributed by atoms with Gasteiger partial charge in [0, 0.05) is 38.5 Å². The average Bonchev–Trinajstić information content (AvgIpc) is 3.18. The van der Waals surface area contributed by atoms with Crippen LogP contribution in [0.5, 0.6) is 0 Å². The molecule has 0 saturated carbocycles. The first kappa shape index (κ1) is 30.2. The maximum atomic E-state index is 9.93. The van der Waals surface area contributed by atoms with Crippen molar-refractivity contribution >= 4 is 28.9 Å². The first-order valence-electron chi connectivity index (χ1n) is 10.4. The number of carbonyl (C=O) groups excluding carboxylic acids is 2. The summed E-state index contributed by atoms with van der Waals surface area (Å²) >= 11 is 1.72. The van der Waals surface area contributed by atoms with Crippen molar-refractivity contribution in [1.29, 1.82) is 5.26 Å². The van der Waals surface area contributed by atoms with Crippen molar-refractivity contribution in [3.63, 3.8) is 0 Å². The zero-order valence-corrected chi connectivity index (χ0v) is 20.6. The minimum absolute atomic E-state index is 0.0989. The number of aldehydes is 2. The van der Waals surface area contributed by atoms with Gasteiger partial charge in [0.15, 0.2) is 0 Å². The zero-order valence-electron chi connectivity index (χ0n) is 19.8. The lowest BCUT2D eigenvalue weighted by molar-refractivity contribution is -0.112. The van der Waals surface area contributed by atoms with Crippen molar-refractivity contribution in [3.8, 4) is 6.07 Å². The van der Waals surface area contributed by atoms with Gasteiger partial charge in [0.25, 0.3) is 0 Å². The molecule has 0 aromatic carbocycles. The molecule has 1 aromatic heterocycles. The molecule has 0 radical (unpaired) electrons. The van der Waals surface area contributed by atoms with Gasteiger partial charge in [-0.25, -0.2) is 0 Å². The van der Waals surface area contributed by atoms with E-state index in [9.17, 15) is 9.59 Å². The highest BCUT2D eigenvalue weighted by Crippen LogP contribution is 2.35. The first-order valence-corrected chi connectivity index (χ1v) is 11.3. The topological polar surface area (TPSA) is 112 Å². The third-order valence-electron chi connectivity index (χ3n) is 4.41. The van der Waals surface area contributed by atoms with Crippen molar-refractivity contribution in [1.82, 2.24) is 4.90 Å². The van der Waals surface area contributed by atoms with Gasteiger partial charge in [-0.05, 0) is 37.1 Å². The number of anilines is 1. The lowest BCUT2D eigenvalue weighted by atomic mass is 10.0. The van der Waals surface area contributed by atoms with E-state index < -0.39 is 0 Å². The molecule has 0 unspecified atom stereocenters. The number of carbonyl (C=O) groups is 2. The van der Waals surface area contributed by atoms with Crippen LogP contribution in [-0.4, -0.2) is 70.1 Å². The van der Waals surface area contributed by atoms with Crippen LogP contribution in [0.25, 0.3) is 0 Å². The van der Waals surface area contributed by atoms with Gasteiger partial charge in [-0.3, -0.25) is 0 Å². The van der Waals surface area contributed by atoms with E-state index >= 15 is 0 Å². The van der Waals surface area contributed by atoms with Gasteiger partial charge < -0.3 is 34.4 Å². The highest BCUT2D eigenvalue weighted by atomic mass is 32.1. The summed E-state index contributed by atoms with van der Waals surface area (Å²) in [5.74, 6) is 0.0989. The number of thiophene rings is 1. The lowest BCUT2D eigenvalue weighted by Crippen LogP contribution is -2.25. The second-order valence-electron chi connectivity index (χ2n) is 6.89. The Morgan fingerprint density at radius 2 is 2.09 bits per heavy atom. The van der Waals surface area contributed by atoms with Crippen LogP contribution in [0.1, 0.15) is 28.8 Å². The van der Waals surface area contributed by atoms with Crippen molar-refractivity contribution < 1.29 is 24.2 Å². The molecule has 182 valence electrons. The molecular formula is C24H35N3O5S. The number of aliphatic hydroxyl groups excluding tert-OH is 1. The molecular weight excluding hydrogens is 442 g/mol. The molecule has 2 N–H and O–H groups in total. The van der Waals surface area contributed by atoms with Crippen LogP contribution < -0.4 is 5.32 Å². The molecule has 0 bridgehead atoms. The lowest BCUT2D eigenvalue weighted by Gasteiger charge is -2.21. The molecule has 0 amide bonds. The van der Waals surface area contributed by atoms with Crippen LogP contribution >= 0.6 is 11.3 Å². The summed E-state index contributed by atoms with van der Waals surface area (Å²) in [5.41, 5.74) is 2.69. The van der Waals surface area contributed by atoms with Crippen molar-refractivity contribution in [3.05, 3.63) is 52.6 Å². The van der Waals surface area contributed by atoms with Gasteiger partial charge >= 0.3 is 0 Å². The number of aliphatic hydroxyl groups is 1. The third-order valence-corrected chi connectivity index (χ3v) is 5.64. The van der Waals surface area contributed by atoms with Gasteiger partial charge in [-0.1, -0.05) is 19.2 Å². The number of rotatable bonds is 11. The Kier molecular flexibility index (Phi) is 17.2. The predicted octanol–water partition coefficient (Wildman–Crippen LogP) is 3.65. The van der Waals surface area contributed by atoms with Crippen molar-refractivity contribution in [2.45, 2.75) is 25.8 Å². The minimum atomic E-state index is 0.0989. The molecule has 9 heteroatoms. The number of hydrogen-bond donors (Lipinski definition) is 2. The van der Waals surface area contributed by atoms with Crippen molar-refractivity contribution in [2.24, 2.45) is 0 Å². The summed E-state index contributed by atoms with van der Waals surface area (Å²) in [5, 5.41) is 22.3. The Labute approximate surface area is 200 Å². The predicted molar refractivity (Wildman–Crippen MR) is 133 cm³/mol. The maximum absolute atomic E-state index is 9.93. The number of likely N-dealkylation sites (N-methyl/N-ethyl adjacent to an activating group) is 1. The van der Waals surface area contributed by atoms with E-state index in [-0.39, 0.29) is 12.4 Å². The van der Waals surface area contributed by atoms with E-state index in [0.29, 0.717) is 31.6 Å². The third kappa shape index (κ3) is 12.2. The van der Waals surface area contributed by atoms with E-state index in [1.54, 1.807) is 18.4 Å². The number of methoxy groups -OCH3 is 1. The smallest absolute Gasteiger partial charge is 0.145 e. The summed E-state index contributed by atoms with van der Waals surface area (Å²) in [6.45, 7) is 10.3. The Balaban J connectivity index is 0.000000488. The molecule has 0 atom stereocenters. The number of nitrogens with zero attached hydrogens (tertiary/aromatic N) is 2. The van der Waals surface area contributed by atoms with E-state index in [2.05, 4.69) is 41.2 Å². The Morgan fingerprint density at radius 3 is 2.64 bits per heavy atom. The standard InChI is InChI=1S/C10H13N3S.C9H12O2.C5H10O3/c1-12-10-8(5-11)7-3-4-13(2)6-9(7)14-10;1-3-5-9(11)8(2)6-4-7-10;1-7-4-5-8-3-2-6/h12H,3-4,6H2,1-2H3;3,5,7,11H,1-2,4,6H2;2H,3-5H2,1H3/b;9-5+;. The minimum Gasteiger partial charge on any atom is -0.508 e. The fraction of sp³-hybridized carbons (Fsp3) is 0.458. The fourth-order valence-electron chi connectivity index (χ4n) is 2.69. The quantitative estimate of drug-likeness (QED) is 0.215. The summed E-state index contributed by atoms with van der Waals surface area (Å²) in [4.78, 5) is 23.2. The highest BCUT2D eigenvalue weighted by molar-refractivity contribution is 7.16. The van der Waals surface area contributed by atoms with Crippen LogP contribution in [0.2, 0.25) is 0 Å². The summed E-state index contributed by atoms with van der Waals surface area (Å²) in [6, 6.07) is 2.30. The molecule has 33 heavy (non-hydrogen) atoms. The number of ether oxygens (including phenoxy) is 2. The number of nitriles is 1. The molecule has 0 aliphatic carbocycles. The largest absolute Gasteiger partial charge is 0.508 e. The van der Waals surface area contributed by atoms with Gasteiger partial charge in [-0.15, -0.1) is 11.3 Å². The normalized spacial score (nSPS) is 12.6. The number of hydrogen-bond acceptors (Lipinski definition) is 9. The molecule has 0 saturated heterocycles. The fourth-order valence-corrected chi connectivity index (χ4v) is 3.92. The highest BCUT2D eigenvalue weighted by Gasteiger charge is 2.21. The van der Waals surface area contributed by atoms with E-state index in [1.807, 2.05) is 7.05 Å². The van der Waals surface area contributed by atoms with Gasteiger partial charge in [0.1, 0.15) is 36.0 Å². The van der Waals surface area contributed by atoms with Gasteiger partial charge in [0.2, 0.25) is 0 Å². The van der Waals surface area contributed by atoms with E-state index in [4.69, 9.17) is 15.1 Å². The Morgan fingerprint density at radius 1 is 1.36 bits per heavy atom. The molecule has 0 spiro atoms. The molecule has 1 aliphatic heterocycles. The summed E-state index contributed by atoms with van der Waals surface area (Å²) < 4.78 is 9.38. The first-order chi connectivity index (χ1) is 15.9. The number of nitrogens with one attached hydrogen (secondary N) is 1. The van der Waals surface area contributed by atoms with Crippen LogP contribution in [-0.2, 0) is 32.0 Å². The van der Waals surface area contributed by atoms with E-state index in [1.165, 1.54) is 22.6 Å². The molecule has 0 fully saturated rings. The summed E-state index contributed by atoms with van der Waals surface area (Å²) in [7, 11) is 5.58. The maximum Gasteiger partial charge on any atom is 0.145 e. The van der Waals surface area contributed by atoms with Gasteiger partial charge in [-0.2, -0.15) is 5.26 Å². The molecule has 8 nitrogen and oxygen atoms in total. The van der Waals surface area contributed by atoms with Gasteiger partial charge in [0.05, 0.1) is 18.8 Å². The average molecular weight is 478 g/mol. The van der Waals surface area contributed by atoms with Crippen LogP contribution in [0.4, 0.5) is 5.00 Å². The second kappa shape index (κ2) is 18.8. The zero-order chi connectivity index (χ0) is 25.1. The second-order valence-corrected chi connectivity index (χ2v) is 7.99. The summed E-state index contributed by atoms with van der Waals surface area (Å²) in [6.07, 6.45) is 6.34. The van der Waals surface area contributed by atoms with E-state index in [0.717, 1.165) is 42.6 Å². The SMILES string of the molecule is C=C/C=C(/O)C(=C)CCC=O.CNc1sc2c(c1C#N)CCN(C)C2.COCCOCC=O. The van der Waals surface area contributed by atoms with Crippen LogP contribution in [0.3, 0.4) is 0 Å². The van der Waals surface area contributed by atoms with Crippen LogP contribution in [0.15, 0.2) is 36.6 Å². The molecule has 2 rings (SSSR count).